The Bertz CT molecular complexity index is 570. The lowest BCUT2D eigenvalue weighted by atomic mass is 10.2. The van der Waals surface area contributed by atoms with Crippen molar-refractivity contribution >= 4 is 11.4 Å². The van der Waals surface area contributed by atoms with Crippen LogP contribution in [0.5, 0.6) is 0 Å². The number of nitro benzene ring substituents is 1. The Hall–Kier alpha value is -2.47. The first-order chi connectivity index (χ1) is 9.20. The number of hydrogen-bond donors (Lipinski definition) is 2. The first-order valence-corrected chi connectivity index (χ1v) is 5.71. The molecule has 1 heterocycles. The molecule has 0 radical (unpaired) electrons. The minimum absolute atomic E-state index is 0.0644. The molecular formula is C13H13N3O3. The number of benzene rings is 1. The molecule has 2 rings (SSSR count). The van der Waals surface area contributed by atoms with Gasteiger partial charge in [-0.2, -0.15) is 0 Å². The summed E-state index contributed by atoms with van der Waals surface area (Å²) in [5.74, 6) is 0. The summed E-state index contributed by atoms with van der Waals surface area (Å²) < 4.78 is 0. The van der Waals surface area contributed by atoms with Crippen LogP contribution in [0, 0.1) is 10.1 Å². The molecule has 0 aliphatic carbocycles. The topological polar surface area (TPSA) is 88.3 Å². The van der Waals surface area contributed by atoms with E-state index in [2.05, 4.69) is 10.3 Å². The Kier molecular flexibility index (Phi) is 4.04. The molecule has 0 amide bonds. The largest absolute Gasteiger partial charge is 0.392 e. The quantitative estimate of drug-likeness (QED) is 0.634. The first-order valence-electron chi connectivity index (χ1n) is 5.71. The van der Waals surface area contributed by atoms with Crippen LogP contribution in [0.4, 0.5) is 11.4 Å². The molecule has 98 valence electrons. The first kappa shape index (κ1) is 13.0. The summed E-state index contributed by atoms with van der Waals surface area (Å²) in [7, 11) is 0. The van der Waals surface area contributed by atoms with Gasteiger partial charge in [-0.1, -0.05) is 12.1 Å². The third-order valence-electron chi connectivity index (χ3n) is 2.71. The van der Waals surface area contributed by atoms with E-state index in [4.69, 9.17) is 0 Å². The molecule has 0 bridgehead atoms. The van der Waals surface area contributed by atoms with Crippen LogP contribution in [0.1, 0.15) is 11.1 Å². The number of rotatable bonds is 5. The van der Waals surface area contributed by atoms with E-state index in [-0.39, 0.29) is 12.3 Å². The molecule has 0 fully saturated rings. The van der Waals surface area contributed by atoms with E-state index in [1.54, 1.807) is 30.6 Å². The Balaban J connectivity index is 2.04. The third-order valence-corrected chi connectivity index (χ3v) is 2.71. The van der Waals surface area contributed by atoms with Crippen molar-refractivity contribution in [2.75, 3.05) is 5.32 Å². The van der Waals surface area contributed by atoms with Crippen molar-refractivity contribution in [1.29, 1.82) is 0 Å². The second kappa shape index (κ2) is 5.92. The van der Waals surface area contributed by atoms with Crippen molar-refractivity contribution in [2.45, 2.75) is 13.2 Å². The molecule has 0 saturated heterocycles. The van der Waals surface area contributed by atoms with Crippen LogP contribution in [0.25, 0.3) is 0 Å². The molecule has 1 aromatic heterocycles. The minimum Gasteiger partial charge on any atom is -0.392 e. The average Bonchev–Trinajstić information content (AvgIpc) is 2.45. The number of hydrogen-bond acceptors (Lipinski definition) is 5. The van der Waals surface area contributed by atoms with Gasteiger partial charge in [-0.05, 0) is 11.6 Å². The average molecular weight is 259 g/mol. The van der Waals surface area contributed by atoms with E-state index in [1.807, 2.05) is 0 Å². The highest BCUT2D eigenvalue weighted by Gasteiger charge is 2.04. The number of anilines is 1. The molecule has 6 heteroatoms. The molecule has 0 unspecified atom stereocenters. The molecule has 6 nitrogen and oxygen atoms in total. The fourth-order valence-electron chi connectivity index (χ4n) is 1.65. The fraction of sp³-hybridized carbons (Fsp3) is 0.154. The van der Waals surface area contributed by atoms with E-state index >= 15 is 0 Å². The molecule has 0 atom stereocenters. The van der Waals surface area contributed by atoms with E-state index in [0.29, 0.717) is 6.54 Å². The second-order valence-electron chi connectivity index (χ2n) is 3.97. The Morgan fingerprint density at radius 3 is 2.63 bits per heavy atom. The summed E-state index contributed by atoms with van der Waals surface area (Å²) in [6, 6.07) is 8.05. The van der Waals surface area contributed by atoms with E-state index in [1.165, 1.54) is 12.1 Å². The number of aliphatic hydroxyl groups is 1. The number of nitro groups is 1. The van der Waals surface area contributed by atoms with Crippen molar-refractivity contribution in [3.63, 3.8) is 0 Å². The molecule has 19 heavy (non-hydrogen) atoms. The number of non-ortho nitro benzene ring substituents is 1. The van der Waals surface area contributed by atoms with Gasteiger partial charge < -0.3 is 10.4 Å². The zero-order valence-corrected chi connectivity index (χ0v) is 10.1. The van der Waals surface area contributed by atoms with Gasteiger partial charge in [-0.25, -0.2) is 0 Å². The lowest BCUT2D eigenvalue weighted by Gasteiger charge is -2.09. The lowest BCUT2D eigenvalue weighted by Crippen LogP contribution is -2.03. The van der Waals surface area contributed by atoms with Crippen LogP contribution in [-0.2, 0) is 13.2 Å². The summed E-state index contributed by atoms with van der Waals surface area (Å²) in [4.78, 5) is 14.1. The lowest BCUT2D eigenvalue weighted by molar-refractivity contribution is -0.384. The van der Waals surface area contributed by atoms with Crippen molar-refractivity contribution in [1.82, 2.24) is 4.98 Å². The monoisotopic (exact) mass is 259 g/mol. The SMILES string of the molecule is O=[N+]([O-])c1ccc(CNc2cnccc2CO)cc1. The Morgan fingerprint density at radius 2 is 2.00 bits per heavy atom. The highest BCUT2D eigenvalue weighted by molar-refractivity contribution is 5.49. The smallest absolute Gasteiger partial charge is 0.269 e. The van der Waals surface area contributed by atoms with E-state index in [0.717, 1.165) is 16.8 Å². The predicted octanol–water partition coefficient (Wildman–Crippen LogP) is 2.09. The summed E-state index contributed by atoms with van der Waals surface area (Å²) in [5, 5.41) is 22.8. The van der Waals surface area contributed by atoms with Crippen molar-refractivity contribution in [3.05, 3.63) is 64.0 Å². The molecule has 2 aromatic rings. The van der Waals surface area contributed by atoms with Crippen molar-refractivity contribution in [3.8, 4) is 0 Å². The zero-order chi connectivity index (χ0) is 13.7. The summed E-state index contributed by atoms with van der Waals surface area (Å²) in [5.41, 5.74) is 2.50. The molecular weight excluding hydrogens is 246 g/mol. The van der Waals surface area contributed by atoms with Crippen LogP contribution in [-0.4, -0.2) is 15.0 Å². The van der Waals surface area contributed by atoms with Gasteiger partial charge in [0, 0.05) is 30.4 Å². The highest BCUT2D eigenvalue weighted by atomic mass is 16.6. The number of aliphatic hydroxyl groups excluding tert-OH is 1. The van der Waals surface area contributed by atoms with Gasteiger partial charge in [0.2, 0.25) is 0 Å². The third kappa shape index (κ3) is 3.26. The predicted molar refractivity (Wildman–Crippen MR) is 70.6 cm³/mol. The number of pyridine rings is 1. The fourth-order valence-corrected chi connectivity index (χ4v) is 1.65. The molecule has 2 N–H and O–H groups in total. The van der Waals surface area contributed by atoms with Crippen molar-refractivity contribution < 1.29 is 10.0 Å². The van der Waals surface area contributed by atoms with Crippen LogP contribution in [0.3, 0.4) is 0 Å². The standard InChI is InChI=1S/C13H13N3O3/c17-9-11-5-6-14-8-13(11)15-7-10-1-3-12(4-2-10)16(18)19/h1-6,8,15,17H,7,9H2. The van der Waals surface area contributed by atoms with Gasteiger partial charge in [-0.3, -0.25) is 15.1 Å². The number of aromatic nitrogens is 1. The van der Waals surface area contributed by atoms with Gasteiger partial charge in [0.1, 0.15) is 0 Å². The molecule has 0 spiro atoms. The van der Waals surface area contributed by atoms with Crippen LogP contribution >= 0.6 is 0 Å². The van der Waals surface area contributed by atoms with Gasteiger partial charge in [-0.15, -0.1) is 0 Å². The van der Waals surface area contributed by atoms with Gasteiger partial charge >= 0.3 is 0 Å². The summed E-state index contributed by atoms with van der Waals surface area (Å²) in [6.07, 6.45) is 3.25. The Labute approximate surface area is 109 Å². The van der Waals surface area contributed by atoms with E-state index in [9.17, 15) is 15.2 Å². The maximum absolute atomic E-state index is 10.5. The van der Waals surface area contributed by atoms with Gasteiger partial charge in [0.15, 0.2) is 0 Å². The van der Waals surface area contributed by atoms with Crippen LogP contribution in [0.15, 0.2) is 42.7 Å². The minimum atomic E-state index is -0.428. The van der Waals surface area contributed by atoms with Gasteiger partial charge in [0.05, 0.1) is 23.4 Å². The highest BCUT2D eigenvalue weighted by Crippen LogP contribution is 2.16. The van der Waals surface area contributed by atoms with E-state index < -0.39 is 4.92 Å². The Morgan fingerprint density at radius 1 is 1.26 bits per heavy atom. The zero-order valence-electron chi connectivity index (χ0n) is 10.1. The van der Waals surface area contributed by atoms with Crippen LogP contribution in [0.2, 0.25) is 0 Å². The van der Waals surface area contributed by atoms with Gasteiger partial charge in [0.25, 0.3) is 5.69 Å². The molecule has 0 saturated carbocycles. The number of nitrogens with zero attached hydrogens (tertiary/aromatic N) is 2. The molecule has 1 aromatic carbocycles. The maximum atomic E-state index is 10.5. The second-order valence-corrected chi connectivity index (χ2v) is 3.97. The molecule has 0 aliphatic heterocycles. The normalized spacial score (nSPS) is 10.2. The number of nitrogens with one attached hydrogen (secondary N) is 1. The maximum Gasteiger partial charge on any atom is 0.269 e. The summed E-state index contributed by atoms with van der Waals surface area (Å²) >= 11 is 0. The molecule has 0 aliphatic rings. The summed E-state index contributed by atoms with van der Waals surface area (Å²) in [6.45, 7) is 0.446. The van der Waals surface area contributed by atoms with Crippen LogP contribution < -0.4 is 5.32 Å². The van der Waals surface area contributed by atoms with Crippen molar-refractivity contribution in [2.24, 2.45) is 0 Å².